The smallest absolute Gasteiger partial charge is 0.0397 e. The van der Waals surface area contributed by atoms with E-state index in [0.717, 1.165) is 19.6 Å². The molecule has 0 bridgehead atoms. The summed E-state index contributed by atoms with van der Waals surface area (Å²) in [5.74, 6) is 0. The van der Waals surface area contributed by atoms with Crippen molar-refractivity contribution in [3.8, 4) is 0 Å². The molecule has 1 fully saturated rings. The Kier molecular flexibility index (Phi) is 4.69. The van der Waals surface area contributed by atoms with Crippen LogP contribution in [0.5, 0.6) is 0 Å². The minimum absolute atomic E-state index is 0.704. The Hall–Kier alpha value is -1.35. The summed E-state index contributed by atoms with van der Waals surface area (Å²) in [5.41, 5.74) is 2.99. The second-order valence-corrected chi connectivity index (χ2v) is 5.93. The molecule has 1 N–H and O–H groups in total. The van der Waals surface area contributed by atoms with E-state index in [1.54, 1.807) is 5.57 Å². The lowest BCUT2D eigenvalue weighted by molar-refractivity contribution is 0.417. The first-order valence-corrected chi connectivity index (χ1v) is 7.98. The van der Waals surface area contributed by atoms with Gasteiger partial charge in [-0.3, -0.25) is 4.98 Å². The van der Waals surface area contributed by atoms with Crippen LogP contribution in [-0.2, 0) is 0 Å². The quantitative estimate of drug-likeness (QED) is 0.834. The van der Waals surface area contributed by atoms with Crippen molar-refractivity contribution < 1.29 is 0 Å². The first kappa shape index (κ1) is 13.6. The number of hydrogen-bond donors (Lipinski definition) is 1. The number of nitrogens with one attached hydrogen (secondary N) is 1. The number of anilines is 1. The zero-order valence-corrected chi connectivity index (χ0v) is 12.2. The van der Waals surface area contributed by atoms with Gasteiger partial charge in [0, 0.05) is 37.2 Å². The molecule has 20 heavy (non-hydrogen) atoms. The van der Waals surface area contributed by atoms with E-state index in [2.05, 4.69) is 33.4 Å². The van der Waals surface area contributed by atoms with Crippen molar-refractivity contribution in [3.05, 3.63) is 36.2 Å². The maximum Gasteiger partial charge on any atom is 0.0397 e. The highest BCUT2D eigenvalue weighted by Gasteiger charge is 2.18. The van der Waals surface area contributed by atoms with E-state index in [4.69, 9.17) is 0 Å². The molecular formula is C17H25N3. The van der Waals surface area contributed by atoms with Gasteiger partial charge in [0.25, 0.3) is 0 Å². The molecular weight excluding hydrogens is 246 g/mol. The van der Waals surface area contributed by atoms with Gasteiger partial charge in [0.05, 0.1) is 0 Å². The average molecular weight is 271 g/mol. The molecule has 2 heterocycles. The van der Waals surface area contributed by atoms with E-state index in [1.165, 1.54) is 44.2 Å². The molecule has 1 aromatic rings. The molecule has 3 heteroatoms. The van der Waals surface area contributed by atoms with Crippen LogP contribution in [0.1, 0.15) is 38.5 Å². The van der Waals surface area contributed by atoms with E-state index < -0.39 is 0 Å². The van der Waals surface area contributed by atoms with E-state index in [1.807, 2.05) is 12.4 Å². The molecule has 1 aliphatic heterocycles. The van der Waals surface area contributed by atoms with Crippen molar-refractivity contribution in [2.75, 3.05) is 24.5 Å². The topological polar surface area (TPSA) is 28.2 Å². The molecule has 0 atom stereocenters. The molecule has 108 valence electrons. The van der Waals surface area contributed by atoms with E-state index >= 15 is 0 Å². The average Bonchev–Trinajstić information content (AvgIpc) is 3.02. The lowest BCUT2D eigenvalue weighted by Gasteiger charge is -2.34. The molecule has 0 spiro atoms. The summed E-state index contributed by atoms with van der Waals surface area (Å²) in [6, 6.07) is 4.93. The molecule has 0 saturated carbocycles. The highest BCUT2D eigenvalue weighted by atomic mass is 15.1. The summed E-state index contributed by atoms with van der Waals surface area (Å²) in [5, 5.41) is 3.74. The van der Waals surface area contributed by atoms with Crippen LogP contribution in [0.25, 0.3) is 0 Å². The number of rotatable bonds is 5. The first-order chi connectivity index (χ1) is 9.92. The molecule has 3 rings (SSSR count). The predicted molar refractivity (Wildman–Crippen MR) is 84.0 cm³/mol. The summed E-state index contributed by atoms with van der Waals surface area (Å²) in [6.07, 6.45) is 14.0. The number of aromatic nitrogens is 1. The SMILES string of the molecule is C1=C(CCNC2CCN(c3ccncc3)CC2)CCC1. The Balaban J connectivity index is 1.38. The molecule has 1 saturated heterocycles. The summed E-state index contributed by atoms with van der Waals surface area (Å²) in [7, 11) is 0. The number of nitrogens with zero attached hydrogens (tertiary/aromatic N) is 2. The fourth-order valence-electron chi connectivity index (χ4n) is 3.30. The number of piperidine rings is 1. The maximum absolute atomic E-state index is 4.09. The molecule has 3 nitrogen and oxygen atoms in total. The Labute approximate surface area is 122 Å². The Morgan fingerprint density at radius 2 is 2.00 bits per heavy atom. The van der Waals surface area contributed by atoms with Crippen molar-refractivity contribution in [1.82, 2.24) is 10.3 Å². The lowest BCUT2D eigenvalue weighted by Crippen LogP contribution is -2.42. The molecule has 0 amide bonds. The van der Waals surface area contributed by atoms with E-state index in [-0.39, 0.29) is 0 Å². The minimum atomic E-state index is 0.704. The van der Waals surface area contributed by atoms with Crippen LogP contribution in [0.15, 0.2) is 36.2 Å². The van der Waals surface area contributed by atoms with Gasteiger partial charge in [-0.05, 0) is 57.2 Å². The molecule has 0 radical (unpaired) electrons. The third-order valence-electron chi connectivity index (χ3n) is 4.54. The molecule has 0 aromatic carbocycles. The van der Waals surface area contributed by atoms with Crippen LogP contribution in [0.2, 0.25) is 0 Å². The number of allylic oxidation sites excluding steroid dienone is 1. The zero-order valence-electron chi connectivity index (χ0n) is 12.2. The highest BCUT2D eigenvalue weighted by Crippen LogP contribution is 2.21. The standard InChI is InChI=1S/C17H25N3/c1-2-4-15(3-1)5-12-19-16-8-13-20(14-9-16)17-6-10-18-11-7-17/h3,6-7,10-11,16,19H,1-2,4-5,8-9,12-14H2. The van der Waals surface area contributed by atoms with Crippen LogP contribution in [0.4, 0.5) is 5.69 Å². The fraction of sp³-hybridized carbons (Fsp3) is 0.588. The summed E-state index contributed by atoms with van der Waals surface area (Å²) >= 11 is 0. The molecule has 0 unspecified atom stereocenters. The maximum atomic E-state index is 4.09. The second kappa shape index (κ2) is 6.89. The fourth-order valence-corrected chi connectivity index (χ4v) is 3.30. The van der Waals surface area contributed by atoms with Gasteiger partial charge >= 0.3 is 0 Å². The van der Waals surface area contributed by atoms with Gasteiger partial charge in [0.2, 0.25) is 0 Å². The lowest BCUT2D eigenvalue weighted by atomic mass is 10.0. The van der Waals surface area contributed by atoms with Gasteiger partial charge in [-0.1, -0.05) is 11.6 Å². The van der Waals surface area contributed by atoms with E-state index in [9.17, 15) is 0 Å². The van der Waals surface area contributed by atoms with Gasteiger partial charge in [0.15, 0.2) is 0 Å². The second-order valence-electron chi connectivity index (χ2n) is 5.93. The molecule has 1 aliphatic carbocycles. The molecule has 1 aromatic heterocycles. The van der Waals surface area contributed by atoms with E-state index in [0.29, 0.717) is 6.04 Å². The number of hydrogen-bond acceptors (Lipinski definition) is 3. The zero-order chi connectivity index (χ0) is 13.6. The summed E-state index contributed by atoms with van der Waals surface area (Å²) < 4.78 is 0. The van der Waals surface area contributed by atoms with Crippen molar-refractivity contribution in [2.24, 2.45) is 0 Å². The normalized spacial score (nSPS) is 20.2. The summed E-state index contributed by atoms with van der Waals surface area (Å²) in [6.45, 7) is 3.47. The Morgan fingerprint density at radius 1 is 1.20 bits per heavy atom. The molecule has 2 aliphatic rings. The summed E-state index contributed by atoms with van der Waals surface area (Å²) in [4.78, 5) is 6.56. The van der Waals surface area contributed by atoms with Gasteiger partial charge in [-0.2, -0.15) is 0 Å². The third-order valence-corrected chi connectivity index (χ3v) is 4.54. The largest absolute Gasteiger partial charge is 0.371 e. The van der Waals surface area contributed by atoms with Crippen molar-refractivity contribution in [1.29, 1.82) is 0 Å². The van der Waals surface area contributed by atoms with Gasteiger partial charge in [-0.15, -0.1) is 0 Å². The number of pyridine rings is 1. The predicted octanol–water partition coefficient (Wildman–Crippen LogP) is 3.14. The van der Waals surface area contributed by atoms with Gasteiger partial charge in [0.1, 0.15) is 0 Å². The Morgan fingerprint density at radius 3 is 2.70 bits per heavy atom. The first-order valence-electron chi connectivity index (χ1n) is 7.98. The minimum Gasteiger partial charge on any atom is -0.371 e. The van der Waals surface area contributed by atoms with Crippen LogP contribution in [-0.4, -0.2) is 30.7 Å². The van der Waals surface area contributed by atoms with Crippen molar-refractivity contribution in [2.45, 2.75) is 44.6 Å². The monoisotopic (exact) mass is 271 g/mol. The van der Waals surface area contributed by atoms with Crippen molar-refractivity contribution >= 4 is 5.69 Å². The van der Waals surface area contributed by atoms with Crippen LogP contribution < -0.4 is 10.2 Å². The van der Waals surface area contributed by atoms with Gasteiger partial charge < -0.3 is 10.2 Å². The highest BCUT2D eigenvalue weighted by molar-refractivity contribution is 5.44. The van der Waals surface area contributed by atoms with Crippen LogP contribution in [0, 0.1) is 0 Å². The van der Waals surface area contributed by atoms with Gasteiger partial charge in [-0.25, -0.2) is 0 Å². The van der Waals surface area contributed by atoms with Crippen LogP contribution in [0.3, 0.4) is 0 Å². The third kappa shape index (κ3) is 3.60. The van der Waals surface area contributed by atoms with Crippen LogP contribution >= 0.6 is 0 Å². The van der Waals surface area contributed by atoms with Crippen molar-refractivity contribution in [3.63, 3.8) is 0 Å². The Bertz CT molecular complexity index is 433.